The van der Waals surface area contributed by atoms with Gasteiger partial charge in [-0.3, -0.25) is 9.59 Å². The van der Waals surface area contributed by atoms with Crippen molar-refractivity contribution in [2.45, 2.75) is 40.5 Å². The Balaban J connectivity index is 1.76. The van der Waals surface area contributed by atoms with Crippen LogP contribution in [-0.2, 0) is 9.59 Å². The lowest BCUT2D eigenvalue weighted by Crippen LogP contribution is -2.36. The van der Waals surface area contributed by atoms with Gasteiger partial charge in [-0.2, -0.15) is 0 Å². The van der Waals surface area contributed by atoms with Gasteiger partial charge in [0, 0.05) is 11.8 Å². The van der Waals surface area contributed by atoms with Gasteiger partial charge >= 0.3 is 0 Å². The summed E-state index contributed by atoms with van der Waals surface area (Å²) in [7, 11) is 0. The monoisotopic (exact) mass is 327 g/mol. The third-order valence-corrected chi connectivity index (χ3v) is 4.40. The number of anilines is 2. The first-order valence-electron chi connectivity index (χ1n) is 7.96. The Bertz CT molecular complexity index is 796. The van der Waals surface area contributed by atoms with E-state index in [4.69, 9.17) is 4.52 Å². The Morgan fingerprint density at radius 2 is 1.58 bits per heavy atom. The van der Waals surface area contributed by atoms with Gasteiger partial charge < -0.3 is 15.2 Å². The first kappa shape index (κ1) is 16.2. The molecule has 24 heavy (non-hydrogen) atoms. The Labute approximate surface area is 140 Å². The number of aryl methyl sites for hydroxylation is 4. The van der Waals surface area contributed by atoms with Gasteiger partial charge in [-0.1, -0.05) is 22.9 Å². The van der Waals surface area contributed by atoms with Crippen LogP contribution in [0.1, 0.15) is 35.3 Å². The maximum atomic E-state index is 12.7. The quantitative estimate of drug-likeness (QED) is 0.844. The molecule has 3 rings (SSSR count). The second-order valence-electron chi connectivity index (χ2n) is 6.59. The summed E-state index contributed by atoms with van der Waals surface area (Å²) >= 11 is 0. The molecule has 1 heterocycles. The van der Waals surface area contributed by atoms with E-state index >= 15 is 0 Å². The topological polar surface area (TPSA) is 84.2 Å². The van der Waals surface area contributed by atoms with Crippen LogP contribution in [0.4, 0.5) is 11.5 Å². The van der Waals surface area contributed by atoms with Crippen LogP contribution in [0.3, 0.4) is 0 Å². The third kappa shape index (κ3) is 2.91. The molecule has 1 saturated carbocycles. The van der Waals surface area contributed by atoms with Crippen molar-refractivity contribution in [3.63, 3.8) is 0 Å². The fourth-order valence-corrected chi connectivity index (χ4v) is 2.95. The largest absolute Gasteiger partial charge is 0.360 e. The second-order valence-corrected chi connectivity index (χ2v) is 6.59. The van der Waals surface area contributed by atoms with Gasteiger partial charge in [-0.05, 0) is 51.7 Å². The first-order chi connectivity index (χ1) is 11.3. The van der Waals surface area contributed by atoms with E-state index in [1.165, 1.54) is 0 Å². The van der Waals surface area contributed by atoms with Gasteiger partial charge in [0.05, 0.1) is 0 Å². The highest BCUT2D eigenvalue weighted by Gasteiger charge is 2.56. The molecular weight excluding hydrogens is 306 g/mol. The molecule has 6 heteroatoms. The van der Waals surface area contributed by atoms with Crippen molar-refractivity contribution in [2.75, 3.05) is 10.6 Å². The van der Waals surface area contributed by atoms with Crippen LogP contribution in [0.5, 0.6) is 0 Å². The molecule has 0 aliphatic heterocycles. The maximum absolute atomic E-state index is 12.7. The molecule has 2 aromatic rings. The van der Waals surface area contributed by atoms with Gasteiger partial charge in [-0.25, -0.2) is 0 Å². The minimum Gasteiger partial charge on any atom is -0.360 e. The number of carbonyl (C=O) groups is 2. The number of rotatable bonds is 4. The number of hydrogen-bond donors (Lipinski definition) is 2. The second kappa shape index (κ2) is 5.78. The number of aromatic nitrogens is 1. The Hall–Kier alpha value is -2.63. The zero-order chi connectivity index (χ0) is 17.5. The van der Waals surface area contributed by atoms with Crippen molar-refractivity contribution in [2.24, 2.45) is 5.41 Å². The van der Waals surface area contributed by atoms with Crippen molar-refractivity contribution in [3.8, 4) is 0 Å². The Morgan fingerprint density at radius 3 is 2.08 bits per heavy atom. The van der Waals surface area contributed by atoms with E-state index in [1.54, 1.807) is 13.0 Å². The highest BCUT2D eigenvalue weighted by molar-refractivity contribution is 6.17. The number of carbonyl (C=O) groups excluding carboxylic acids is 2. The Kier molecular flexibility index (Phi) is 3.91. The summed E-state index contributed by atoms with van der Waals surface area (Å²) in [4.78, 5) is 25.2. The summed E-state index contributed by atoms with van der Waals surface area (Å²) in [5, 5.41) is 9.34. The molecule has 0 unspecified atom stereocenters. The van der Waals surface area contributed by atoms with Gasteiger partial charge in [0.15, 0.2) is 5.82 Å². The maximum Gasteiger partial charge on any atom is 0.241 e. The molecule has 1 aliphatic rings. The Morgan fingerprint density at radius 1 is 1.00 bits per heavy atom. The molecular formula is C18H21N3O3. The SMILES string of the molecule is Cc1cc(C)c(NC(=O)C2(C(=O)Nc3cc(C)on3)CC2)c(C)c1. The molecule has 0 atom stereocenters. The number of nitrogens with one attached hydrogen (secondary N) is 2. The van der Waals surface area contributed by atoms with Gasteiger partial charge in [0.1, 0.15) is 11.2 Å². The van der Waals surface area contributed by atoms with Gasteiger partial charge in [0.2, 0.25) is 11.8 Å². The summed E-state index contributed by atoms with van der Waals surface area (Å²) in [6.07, 6.45) is 1.07. The minimum atomic E-state index is -1.02. The molecule has 6 nitrogen and oxygen atoms in total. The summed E-state index contributed by atoms with van der Waals surface area (Å²) in [5.74, 6) is 0.329. The van der Waals surface area contributed by atoms with Crippen molar-refractivity contribution in [1.82, 2.24) is 5.16 Å². The summed E-state index contributed by atoms with van der Waals surface area (Å²) in [6.45, 7) is 7.66. The van der Waals surface area contributed by atoms with Crippen molar-refractivity contribution in [1.29, 1.82) is 0 Å². The van der Waals surface area contributed by atoms with Crippen molar-refractivity contribution >= 4 is 23.3 Å². The lowest BCUT2D eigenvalue weighted by molar-refractivity contribution is -0.131. The minimum absolute atomic E-state index is 0.268. The third-order valence-electron chi connectivity index (χ3n) is 4.40. The molecule has 1 fully saturated rings. The summed E-state index contributed by atoms with van der Waals surface area (Å²) < 4.78 is 4.93. The van der Waals surface area contributed by atoms with Crippen LogP contribution in [0.15, 0.2) is 22.7 Å². The predicted octanol–water partition coefficient (Wildman–Crippen LogP) is 3.27. The molecule has 1 aromatic heterocycles. The van der Waals surface area contributed by atoms with E-state index < -0.39 is 5.41 Å². The van der Waals surface area contributed by atoms with Gasteiger partial charge in [0.25, 0.3) is 0 Å². The summed E-state index contributed by atoms with van der Waals surface area (Å²) in [6, 6.07) is 5.65. The highest BCUT2D eigenvalue weighted by atomic mass is 16.5. The molecule has 0 radical (unpaired) electrons. The average molecular weight is 327 g/mol. The first-order valence-corrected chi connectivity index (χ1v) is 7.96. The molecule has 2 N–H and O–H groups in total. The van der Waals surface area contributed by atoms with E-state index in [2.05, 4.69) is 15.8 Å². The van der Waals surface area contributed by atoms with Crippen LogP contribution in [-0.4, -0.2) is 17.0 Å². The number of hydrogen-bond acceptors (Lipinski definition) is 4. The van der Waals surface area contributed by atoms with Crippen LogP contribution < -0.4 is 10.6 Å². The number of amides is 2. The number of nitrogens with zero attached hydrogens (tertiary/aromatic N) is 1. The molecule has 0 bridgehead atoms. The normalized spacial score (nSPS) is 15.0. The van der Waals surface area contributed by atoms with Crippen molar-refractivity contribution in [3.05, 3.63) is 40.6 Å². The molecule has 126 valence electrons. The van der Waals surface area contributed by atoms with E-state index in [9.17, 15) is 9.59 Å². The molecule has 1 aromatic carbocycles. The number of benzene rings is 1. The van der Waals surface area contributed by atoms with Gasteiger partial charge in [-0.15, -0.1) is 0 Å². The standard InChI is InChI=1S/C18H21N3O3/c1-10-7-11(2)15(12(3)8-10)20-17(23)18(5-6-18)16(22)19-14-9-13(4)24-21-14/h7-9H,5-6H2,1-4H3,(H,20,23)(H,19,21,22). The average Bonchev–Trinajstić information content (AvgIpc) is 3.22. The fraction of sp³-hybridized carbons (Fsp3) is 0.389. The summed E-state index contributed by atoms with van der Waals surface area (Å²) in [5.41, 5.74) is 2.88. The van der Waals surface area contributed by atoms with Crippen LogP contribution in [0.25, 0.3) is 0 Å². The lowest BCUT2D eigenvalue weighted by atomic mass is 10.0. The van der Waals surface area contributed by atoms with E-state index in [-0.39, 0.29) is 11.8 Å². The molecule has 0 spiro atoms. The molecule has 2 amide bonds. The molecule has 0 saturated heterocycles. The lowest BCUT2D eigenvalue weighted by Gasteiger charge is -2.17. The van der Waals surface area contributed by atoms with Crippen LogP contribution in [0.2, 0.25) is 0 Å². The zero-order valence-electron chi connectivity index (χ0n) is 14.3. The van der Waals surface area contributed by atoms with Crippen LogP contribution in [0, 0.1) is 33.1 Å². The zero-order valence-corrected chi connectivity index (χ0v) is 14.3. The van der Waals surface area contributed by atoms with Crippen LogP contribution >= 0.6 is 0 Å². The molecule has 1 aliphatic carbocycles. The van der Waals surface area contributed by atoms with E-state index in [0.29, 0.717) is 24.4 Å². The predicted molar refractivity (Wildman–Crippen MR) is 90.8 cm³/mol. The van der Waals surface area contributed by atoms with E-state index in [0.717, 1.165) is 22.4 Å². The smallest absolute Gasteiger partial charge is 0.241 e. The highest BCUT2D eigenvalue weighted by Crippen LogP contribution is 2.47. The van der Waals surface area contributed by atoms with Crippen molar-refractivity contribution < 1.29 is 14.1 Å². The van der Waals surface area contributed by atoms with E-state index in [1.807, 2.05) is 32.9 Å². The fourth-order valence-electron chi connectivity index (χ4n) is 2.95.